The maximum absolute atomic E-state index is 11.0. The number of methoxy groups -OCH3 is 2. The highest BCUT2D eigenvalue weighted by atomic mass is 16.5. The van der Waals surface area contributed by atoms with Gasteiger partial charge in [0.1, 0.15) is 0 Å². The third-order valence-corrected chi connectivity index (χ3v) is 1.75. The summed E-state index contributed by atoms with van der Waals surface area (Å²) in [5, 5.41) is 0. The minimum absolute atomic E-state index is 0.302. The average molecular weight is 168 g/mol. The standard InChI is InChI=1S/C9H12O3/c1-11-8-5-3-4-7(6-8)9(10)12-2/h4,6H,3,5H2,1-2H3. The Labute approximate surface area is 71.7 Å². The van der Waals surface area contributed by atoms with E-state index in [1.807, 2.05) is 6.08 Å². The van der Waals surface area contributed by atoms with Crippen molar-refractivity contribution >= 4 is 5.97 Å². The number of carbonyl (C=O) groups is 1. The van der Waals surface area contributed by atoms with Gasteiger partial charge in [-0.05, 0) is 12.5 Å². The molecule has 0 radical (unpaired) electrons. The Morgan fingerprint density at radius 3 is 2.83 bits per heavy atom. The van der Waals surface area contributed by atoms with E-state index < -0.39 is 0 Å². The first-order valence-electron chi connectivity index (χ1n) is 3.81. The molecule has 0 spiro atoms. The zero-order chi connectivity index (χ0) is 8.97. The Kier molecular flexibility index (Phi) is 2.91. The highest BCUT2D eigenvalue weighted by Crippen LogP contribution is 2.18. The molecule has 66 valence electrons. The highest BCUT2D eigenvalue weighted by molar-refractivity contribution is 5.91. The maximum Gasteiger partial charge on any atom is 0.337 e. The van der Waals surface area contributed by atoms with Crippen molar-refractivity contribution in [3.63, 3.8) is 0 Å². The van der Waals surface area contributed by atoms with Crippen molar-refractivity contribution in [2.45, 2.75) is 12.8 Å². The van der Waals surface area contributed by atoms with Crippen LogP contribution in [0.4, 0.5) is 0 Å². The molecule has 0 saturated carbocycles. The highest BCUT2D eigenvalue weighted by Gasteiger charge is 2.12. The number of esters is 1. The van der Waals surface area contributed by atoms with Crippen LogP contribution >= 0.6 is 0 Å². The van der Waals surface area contributed by atoms with Gasteiger partial charge in [0.15, 0.2) is 0 Å². The lowest BCUT2D eigenvalue weighted by Gasteiger charge is -2.10. The van der Waals surface area contributed by atoms with E-state index in [2.05, 4.69) is 4.74 Å². The van der Waals surface area contributed by atoms with Crippen LogP contribution in [-0.4, -0.2) is 20.2 Å². The van der Waals surface area contributed by atoms with Crippen molar-refractivity contribution in [1.82, 2.24) is 0 Å². The molecule has 12 heavy (non-hydrogen) atoms. The number of rotatable bonds is 2. The molecule has 0 bridgehead atoms. The number of carbonyl (C=O) groups excluding carboxylic acids is 1. The molecule has 0 atom stereocenters. The molecule has 0 aromatic rings. The summed E-state index contributed by atoms with van der Waals surface area (Å²) in [6.45, 7) is 0. The van der Waals surface area contributed by atoms with Crippen LogP contribution in [0, 0.1) is 0 Å². The van der Waals surface area contributed by atoms with Gasteiger partial charge >= 0.3 is 5.97 Å². The fourth-order valence-electron chi connectivity index (χ4n) is 1.10. The Morgan fingerprint density at radius 1 is 1.50 bits per heavy atom. The number of ether oxygens (including phenoxy) is 2. The minimum atomic E-state index is -0.302. The van der Waals surface area contributed by atoms with Crippen LogP contribution in [-0.2, 0) is 14.3 Å². The molecule has 1 rings (SSSR count). The van der Waals surface area contributed by atoms with Crippen molar-refractivity contribution in [2.24, 2.45) is 0 Å². The van der Waals surface area contributed by atoms with E-state index in [0.29, 0.717) is 5.57 Å². The van der Waals surface area contributed by atoms with Crippen LogP contribution in [0.15, 0.2) is 23.5 Å². The van der Waals surface area contributed by atoms with Crippen LogP contribution in [0.2, 0.25) is 0 Å². The quantitative estimate of drug-likeness (QED) is 0.585. The van der Waals surface area contributed by atoms with Crippen LogP contribution in [0.25, 0.3) is 0 Å². The molecule has 0 aromatic carbocycles. The van der Waals surface area contributed by atoms with Crippen LogP contribution in [0.5, 0.6) is 0 Å². The molecule has 1 aliphatic rings. The summed E-state index contributed by atoms with van der Waals surface area (Å²) in [5.74, 6) is 0.530. The summed E-state index contributed by atoms with van der Waals surface area (Å²) in [6, 6.07) is 0. The van der Waals surface area contributed by atoms with Crippen molar-refractivity contribution in [3.8, 4) is 0 Å². The molecular formula is C9H12O3. The van der Waals surface area contributed by atoms with Crippen molar-refractivity contribution in [2.75, 3.05) is 14.2 Å². The van der Waals surface area contributed by atoms with E-state index in [1.54, 1.807) is 13.2 Å². The molecule has 0 N–H and O–H groups in total. The molecule has 0 aliphatic heterocycles. The van der Waals surface area contributed by atoms with Gasteiger partial charge in [0.25, 0.3) is 0 Å². The average Bonchev–Trinajstić information content (AvgIpc) is 2.17. The molecule has 0 aromatic heterocycles. The Balaban J connectivity index is 2.72. The van der Waals surface area contributed by atoms with Crippen LogP contribution in [0.3, 0.4) is 0 Å². The zero-order valence-electron chi connectivity index (χ0n) is 7.29. The Hall–Kier alpha value is -1.25. The molecule has 3 nitrogen and oxygen atoms in total. The normalized spacial score (nSPS) is 16.2. The second kappa shape index (κ2) is 3.95. The van der Waals surface area contributed by atoms with Gasteiger partial charge in [-0.3, -0.25) is 0 Å². The maximum atomic E-state index is 11.0. The topological polar surface area (TPSA) is 35.5 Å². The van der Waals surface area contributed by atoms with Crippen LogP contribution in [0.1, 0.15) is 12.8 Å². The SMILES string of the molecule is COC(=O)C1=CCCC(OC)=C1. The molecule has 3 heteroatoms. The number of allylic oxidation sites excluding steroid dienone is 2. The van der Waals surface area contributed by atoms with E-state index in [9.17, 15) is 4.79 Å². The molecule has 0 fully saturated rings. The minimum Gasteiger partial charge on any atom is -0.501 e. The largest absolute Gasteiger partial charge is 0.501 e. The Bertz CT molecular complexity index is 238. The summed E-state index contributed by atoms with van der Waals surface area (Å²) < 4.78 is 9.60. The van der Waals surface area contributed by atoms with Gasteiger partial charge in [-0.1, -0.05) is 6.08 Å². The predicted octanol–water partition coefficient (Wildman–Crippen LogP) is 1.41. The van der Waals surface area contributed by atoms with Gasteiger partial charge < -0.3 is 9.47 Å². The Morgan fingerprint density at radius 2 is 2.25 bits per heavy atom. The molecule has 0 amide bonds. The molecule has 1 aliphatic carbocycles. The first-order valence-corrected chi connectivity index (χ1v) is 3.81. The third kappa shape index (κ3) is 1.87. The predicted molar refractivity (Wildman–Crippen MR) is 44.4 cm³/mol. The first kappa shape index (κ1) is 8.84. The van der Waals surface area contributed by atoms with Crippen LogP contribution < -0.4 is 0 Å². The lowest BCUT2D eigenvalue weighted by Crippen LogP contribution is -2.06. The van der Waals surface area contributed by atoms with Gasteiger partial charge in [0, 0.05) is 6.42 Å². The number of hydrogen-bond acceptors (Lipinski definition) is 3. The zero-order valence-corrected chi connectivity index (χ0v) is 7.29. The van der Waals surface area contributed by atoms with Gasteiger partial charge in [0.05, 0.1) is 25.6 Å². The second-order valence-electron chi connectivity index (χ2n) is 2.50. The van der Waals surface area contributed by atoms with Gasteiger partial charge in [-0.25, -0.2) is 4.79 Å². The summed E-state index contributed by atoms with van der Waals surface area (Å²) in [4.78, 5) is 11.0. The fraction of sp³-hybridized carbons (Fsp3) is 0.444. The van der Waals surface area contributed by atoms with E-state index in [4.69, 9.17) is 4.74 Å². The van der Waals surface area contributed by atoms with Gasteiger partial charge in [-0.15, -0.1) is 0 Å². The van der Waals surface area contributed by atoms with E-state index in [1.165, 1.54) is 7.11 Å². The van der Waals surface area contributed by atoms with E-state index >= 15 is 0 Å². The second-order valence-corrected chi connectivity index (χ2v) is 2.50. The summed E-state index contributed by atoms with van der Waals surface area (Å²) in [5.41, 5.74) is 0.584. The third-order valence-electron chi connectivity index (χ3n) is 1.75. The van der Waals surface area contributed by atoms with Gasteiger partial charge in [-0.2, -0.15) is 0 Å². The number of hydrogen-bond donors (Lipinski definition) is 0. The smallest absolute Gasteiger partial charge is 0.337 e. The molecule has 0 unspecified atom stereocenters. The summed E-state index contributed by atoms with van der Waals surface area (Å²) in [6.07, 6.45) is 5.27. The summed E-state index contributed by atoms with van der Waals surface area (Å²) >= 11 is 0. The summed E-state index contributed by atoms with van der Waals surface area (Å²) in [7, 11) is 2.98. The molecule has 0 heterocycles. The van der Waals surface area contributed by atoms with E-state index in [-0.39, 0.29) is 5.97 Å². The van der Waals surface area contributed by atoms with E-state index in [0.717, 1.165) is 18.6 Å². The molecule has 0 saturated heterocycles. The fourth-order valence-corrected chi connectivity index (χ4v) is 1.10. The van der Waals surface area contributed by atoms with Crippen molar-refractivity contribution in [3.05, 3.63) is 23.5 Å². The monoisotopic (exact) mass is 168 g/mol. The van der Waals surface area contributed by atoms with Gasteiger partial charge in [0.2, 0.25) is 0 Å². The lowest BCUT2D eigenvalue weighted by atomic mass is 10.1. The van der Waals surface area contributed by atoms with Crippen molar-refractivity contribution in [1.29, 1.82) is 0 Å². The lowest BCUT2D eigenvalue weighted by molar-refractivity contribution is -0.135. The molecular weight excluding hydrogens is 156 g/mol. The van der Waals surface area contributed by atoms with Crippen molar-refractivity contribution < 1.29 is 14.3 Å². The first-order chi connectivity index (χ1) is 5.77.